The van der Waals surface area contributed by atoms with Crippen molar-refractivity contribution in [1.29, 1.82) is 0 Å². The topological polar surface area (TPSA) is 78.7 Å². The molecule has 4 rings (SSSR count). The number of carbonyl (C=O) groups is 2. The summed E-state index contributed by atoms with van der Waals surface area (Å²) in [7, 11) is 1.77. The molecule has 2 saturated heterocycles. The van der Waals surface area contributed by atoms with E-state index in [0.717, 1.165) is 51.9 Å². The standard InChI is InChI=1S/C27H42N4O2/c1-29-24(26(28)32)18-23(21-10-6-3-7-11-21)27(33)31-17-14-22-13-16-30(19-25(22)31)15-12-20-8-4-2-5-9-20/h2,4-5,8-9,21-25,29H,3,6-7,10-19H2,1H3,(H2,28,32). The Bertz CT molecular complexity index is 780. The van der Waals surface area contributed by atoms with Crippen molar-refractivity contribution in [3.8, 4) is 0 Å². The lowest BCUT2D eigenvalue weighted by Gasteiger charge is -2.41. The predicted molar refractivity (Wildman–Crippen MR) is 132 cm³/mol. The maximum absolute atomic E-state index is 14.0. The van der Waals surface area contributed by atoms with E-state index in [9.17, 15) is 9.59 Å². The molecule has 4 atom stereocenters. The van der Waals surface area contributed by atoms with Crippen molar-refractivity contribution >= 4 is 11.8 Å². The number of rotatable bonds is 9. The molecule has 182 valence electrons. The number of hydrogen-bond acceptors (Lipinski definition) is 4. The van der Waals surface area contributed by atoms with Crippen LogP contribution in [0.3, 0.4) is 0 Å². The van der Waals surface area contributed by atoms with Crippen molar-refractivity contribution < 1.29 is 9.59 Å². The molecule has 0 spiro atoms. The van der Waals surface area contributed by atoms with Crippen molar-refractivity contribution in [3.63, 3.8) is 0 Å². The van der Waals surface area contributed by atoms with E-state index in [0.29, 0.717) is 24.3 Å². The van der Waals surface area contributed by atoms with Crippen LogP contribution in [0.25, 0.3) is 0 Å². The van der Waals surface area contributed by atoms with Gasteiger partial charge < -0.3 is 20.9 Å². The number of likely N-dealkylation sites (tertiary alicyclic amines) is 2. The van der Waals surface area contributed by atoms with Crippen LogP contribution < -0.4 is 11.1 Å². The van der Waals surface area contributed by atoms with Gasteiger partial charge in [0.25, 0.3) is 0 Å². The Morgan fingerprint density at radius 2 is 1.79 bits per heavy atom. The molecule has 1 aromatic rings. The Balaban J connectivity index is 1.43. The molecule has 4 unspecified atom stereocenters. The predicted octanol–water partition coefficient (Wildman–Crippen LogP) is 2.81. The van der Waals surface area contributed by atoms with Crippen molar-refractivity contribution in [3.05, 3.63) is 35.9 Å². The van der Waals surface area contributed by atoms with Crippen LogP contribution in [-0.4, -0.2) is 66.9 Å². The molecule has 2 aliphatic heterocycles. The normalized spacial score (nSPS) is 26.0. The van der Waals surface area contributed by atoms with Gasteiger partial charge >= 0.3 is 0 Å². The molecule has 0 radical (unpaired) electrons. The van der Waals surface area contributed by atoms with Gasteiger partial charge in [0.1, 0.15) is 0 Å². The lowest BCUT2D eigenvalue weighted by molar-refractivity contribution is -0.140. The van der Waals surface area contributed by atoms with Gasteiger partial charge in [-0.25, -0.2) is 0 Å². The van der Waals surface area contributed by atoms with Crippen LogP contribution >= 0.6 is 0 Å². The molecule has 3 aliphatic rings. The average molecular weight is 455 g/mol. The number of amides is 2. The number of nitrogens with two attached hydrogens (primary N) is 1. The Kier molecular flexibility index (Phi) is 8.42. The molecular weight excluding hydrogens is 412 g/mol. The number of primary amides is 1. The lowest BCUT2D eigenvalue weighted by atomic mass is 9.76. The molecule has 0 aromatic heterocycles. The van der Waals surface area contributed by atoms with Gasteiger partial charge in [-0.05, 0) is 69.5 Å². The van der Waals surface area contributed by atoms with E-state index in [1.54, 1.807) is 7.05 Å². The second-order valence-electron chi connectivity index (χ2n) is 10.5. The van der Waals surface area contributed by atoms with E-state index in [2.05, 4.69) is 45.4 Å². The Morgan fingerprint density at radius 1 is 1.06 bits per heavy atom. The van der Waals surface area contributed by atoms with E-state index >= 15 is 0 Å². The summed E-state index contributed by atoms with van der Waals surface area (Å²) >= 11 is 0. The number of benzene rings is 1. The Morgan fingerprint density at radius 3 is 2.48 bits per heavy atom. The molecule has 3 fully saturated rings. The molecule has 6 nitrogen and oxygen atoms in total. The van der Waals surface area contributed by atoms with Gasteiger partial charge in [0.15, 0.2) is 0 Å². The maximum Gasteiger partial charge on any atom is 0.234 e. The maximum atomic E-state index is 14.0. The summed E-state index contributed by atoms with van der Waals surface area (Å²) in [4.78, 5) is 30.7. The van der Waals surface area contributed by atoms with E-state index in [1.165, 1.54) is 31.2 Å². The van der Waals surface area contributed by atoms with Gasteiger partial charge in [-0.3, -0.25) is 9.59 Å². The number of nitrogens with zero attached hydrogens (tertiary/aromatic N) is 2. The quantitative estimate of drug-likeness (QED) is 0.601. The molecule has 3 N–H and O–H groups in total. The molecule has 1 aliphatic carbocycles. The minimum atomic E-state index is -0.437. The van der Waals surface area contributed by atoms with Crippen LogP contribution in [0.4, 0.5) is 0 Å². The van der Waals surface area contributed by atoms with Gasteiger partial charge in [-0.15, -0.1) is 0 Å². The number of carbonyl (C=O) groups excluding carboxylic acids is 2. The fraction of sp³-hybridized carbons (Fsp3) is 0.704. The first-order chi connectivity index (χ1) is 16.1. The van der Waals surface area contributed by atoms with Crippen molar-refractivity contribution in [1.82, 2.24) is 15.1 Å². The van der Waals surface area contributed by atoms with Crippen LogP contribution in [0, 0.1) is 17.8 Å². The number of hydrogen-bond donors (Lipinski definition) is 2. The van der Waals surface area contributed by atoms with Gasteiger partial charge in [-0.1, -0.05) is 49.6 Å². The molecule has 1 saturated carbocycles. The highest BCUT2D eigenvalue weighted by Crippen LogP contribution is 2.38. The second kappa shape index (κ2) is 11.5. The molecule has 6 heteroatoms. The monoisotopic (exact) mass is 454 g/mol. The Hall–Kier alpha value is -1.92. The largest absolute Gasteiger partial charge is 0.368 e. The van der Waals surface area contributed by atoms with Gasteiger partial charge in [0.05, 0.1) is 6.04 Å². The summed E-state index contributed by atoms with van der Waals surface area (Å²) < 4.78 is 0. The van der Waals surface area contributed by atoms with Crippen LogP contribution in [0.5, 0.6) is 0 Å². The average Bonchev–Trinajstić information content (AvgIpc) is 3.27. The number of fused-ring (bicyclic) bond motifs is 1. The second-order valence-corrected chi connectivity index (χ2v) is 10.5. The van der Waals surface area contributed by atoms with Crippen LogP contribution in [-0.2, 0) is 16.0 Å². The minimum Gasteiger partial charge on any atom is -0.368 e. The third-order valence-corrected chi connectivity index (χ3v) is 8.51. The first kappa shape index (κ1) is 24.2. The Labute approximate surface area is 199 Å². The van der Waals surface area contributed by atoms with E-state index < -0.39 is 6.04 Å². The zero-order valence-electron chi connectivity index (χ0n) is 20.3. The summed E-state index contributed by atoms with van der Waals surface area (Å²) in [6.07, 6.45) is 9.70. The molecule has 2 amide bonds. The zero-order valence-corrected chi connectivity index (χ0v) is 20.3. The SMILES string of the molecule is CNC(CC(C(=O)N1CCC2CCN(CCc3ccccc3)CC21)C1CCCCC1)C(N)=O. The number of nitrogens with one attached hydrogen (secondary N) is 1. The van der Waals surface area contributed by atoms with Crippen molar-refractivity contribution in [2.45, 2.75) is 69.9 Å². The molecule has 33 heavy (non-hydrogen) atoms. The van der Waals surface area contributed by atoms with E-state index in [-0.39, 0.29) is 17.7 Å². The molecule has 0 bridgehead atoms. The first-order valence-electron chi connectivity index (χ1n) is 13.1. The summed E-state index contributed by atoms with van der Waals surface area (Å²) in [5.74, 6) is 0.813. The number of likely N-dealkylation sites (N-methyl/N-ethyl adjacent to an activating group) is 1. The molecular formula is C27H42N4O2. The molecule has 2 heterocycles. The van der Waals surface area contributed by atoms with Crippen LogP contribution in [0.2, 0.25) is 0 Å². The van der Waals surface area contributed by atoms with Gasteiger partial charge in [0.2, 0.25) is 11.8 Å². The fourth-order valence-corrected chi connectivity index (χ4v) is 6.49. The highest BCUT2D eigenvalue weighted by molar-refractivity contribution is 5.83. The van der Waals surface area contributed by atoms with Gasteiger partial charge in [0, 0.05) is 31.6 Å². The smallest absolute Gasteiger partial charge is 0.234 e. The zero-order chi connectivity index (χ0) is 23.2. The first-order valence-corrected chi connectivity index (χ1v) is 13.1. The third kappa shape index (κ3) is 5.96. The van der Waals surface area contributed by atoms with E-state index in [4.69, 9.17) is 5.73 Å². The third-order valence-electron chi connectivity index (χ3n) is 8.51. The lowest BCUT2D eigenvalue weighted by Crippen LogP contribution is -2.53. The molecule has 1 aromatic carbocycles. The van der Waals surface area contributed by atoms with Crippen molar-refractivity contribution in [2.75, 3.05) is 33.2 Å². The summed E-state index contributed by atoms with van der Waals surface area (Å²) in [5.41, 5.74) is 7.03. The summed E-state index contributed by atoms with van der Waals surface area (Å²) in [6, 6.07) is 10.6. The fourth-order valence-electron chi connectivity index (χ4n) is 6.49. The van der Waals surface area contributed by atoms with Crippen molar-refractivity contribution in [2.24, 2.45) is 23.5 Å². The number of piperidine rings is 1. The highest BCUT2D eigenvalue weighted by atomic mass is 16.2. The van der Waals surface area contributed by atoms with E-state index in [1.807, 2.05) is 0 Å². The van der Waals surface area contributed by atoms with Gasteiger partial charge in [-0.2, -0.15) is 0 Å². The highest BCUT2D eigenvalue weighted by Gasteiger charge is 2.44. The summed E-state index contributed by atoms with van der Waals surface area (Å²) in [5, 5.41) is 3.06. The summed E-state index contributed by atoms with van der Waals surface area (Å²) in [6.45, 7) is 4.02. The minimum absolute atomic E-state index is 0.103. The van der Waals surface area contributed by atoms with Crippen LogP contribution in [0.15, 0.2) is 30.3 Å². The van der Waals surface area contributed by atoms with Crippen LogP contribution in [0.1, 0.15) is 56.9 Å².